The van der Waals surface area contributed by atoms with Crippen LogP contribution in [0.3, 0.4) is 0 Å². The number of ether oxygens (including phenoxy) is 2. The highest BCUT2D eigenvalue weighted by Gasteiger charge is 2.35. The maximum Gasteiger partial charge on any atom is 0.309 e. The Bertz CT molecular complexity index is 367. The van der Waals surface area contributed by atoms with E-state index < -0.39 is 11.2 Å². The summed E-state index contributed by atoms with van der Waals surface area (Å²) >= 11 is 0. The zero-order valence-electron chi connectivity index (χ0n) is 13.5. The second-order valence-electron chi connectivity index (χ2n) is 6.66. The van der Waals surface area contributed by atoms with Gasteiger partial charge in [-0.3, -0.25) is 9.59 Å². The van der Waals surface area contributed by atoms with Gasteiger partial charge in [0, 0.05) is 19.6 Å². The van der Waals surface area contributed by atoms with Crippen LogP contribution in [0.5, 0.6) is 0 Å². The molecule has 0 aromatic heterocycles. The largest absolute Gasteiger partial charge is 0.469 e. The van der Waals surface area contributed by atoms with Gasteiger partial charge < -0.3 is 19.5 Å². The monoisotopic (exact) mass is 301 g/mol. The Balaban J connectivity index is 2.36. The van der Waals surface area contributed by atoms with Crippen LogP contribution in [0.1, 0.15) is 46.5 Å². The summed E-state index contributed by atoms with van der Waals surface area (Å²) in [5.74, 6) is -0.599. The number of hydrogen-bond acceptors (Lipinski definition) is 6. The highest BCUT2D eigenvalue weighted by Crippen LogP contribution is 2.27. The van der Waals surface area contributed by atoms with Gasteiger partial charge >= 0.3 is 11.9 Å². The van der Waals surface area contributed by atoms with E-state index >= 15 is 0 Å². The van der Waals surface area contributed by atoms with E-state index in [1.54, 1.807) is 0 Å². The zero-order valence-corrected chi connectivity index (χ0v) is 13.5. The fourth-order valence-corrected chi connectivity index (χ4v) is 2.37. The molecule has 0 bridgehead atoms. The van der Waals surface area contributed by atoms with Crippen molar-refractivity contribution in [1.82, 2.24) is 4.90 Å². The highest BCUT2D eigenvalue weighted by molar-refractivity contribution is 5.71. The molecule has 0 spiro atoms. The molecule has 0 amide bonds. The molecule has 6 heteroatoms. The van der Waals surface area contributed by atoms with Crippen LogP contribution in [0, 0.1) is 0 Å². The molecule has 0 aromatic carbocycles. The zero-order chi connectivity index (χ0) is 16.1. The Morgan fingerprint density at radius 3 is 2.24 bits per heavy atom. The van der Waals surface area contributed by atoms with Gasteiger partial charge in [0.1, 0.15) is 5.60 Å². The van der Waals surface area contributed by atoms with Crippen molar-refractivity contribution >= 4 is 11.9 Å². The number of hydrogen-bond donors (Lipinski definition) is 1. The maximum atomic E-state index is 11.8. The van der Waals surface area contributed by atoms with Gasteiger partial charge in [0.25, 0.3) is 0 Å². The number of aliphatic hydroxyl groups is 1. The van der Waals surface area contributed by atoms with Crippen molar-refractivity contribution in [1.29, 1.82) is 0 Å². The second-order valence-corrected chi connectivity index (χ2v) is 6.66. The van der Waals surface area contributed by atoms with Crippen molar-refractivity contribution in [2.24, 2.45) is 0 Å². The predicted molar refractivity (Wildman–Crippen MR) is 77.7 cm³/mol. The van der Waals surface area contributed by atoms with Crippen LogP contribution in [-0.4, -0.2) is 59.9 Å². The number of likely N-dealkylation sites (tertiary alicyclic amines) is 1. The van der Waals surface area contributed by atoms with Gasteiger partial charge in [0.05, 0.1) is 25.6 Å². The standard InChI is InChI=1S/C15H27NO5/c1-14(2,3)21-13(18)11-15(19)6-9-16(10-7-15)8-5-12(17)20-4/h19H,5-11H2,1-4H3. The third-order valence-electron chi connectivity index (χ3n) is 3.54. The number of nitrogens with zero attached hydrogens (tertiary/aromatic N) is 1. The first-order valence-electron chi connectivity index (χ1n) is 7.37. The van der Waals surface area contributed by atoms with E-state index in [0.717, 1.165) is 0 Å². The molecule has 1 aliphatic heterocycles. The molecule has 1 saturated heterocycles. The summed E-state index contributed by atoms with van der Waals surface area (Å²) in [5.41, 5.74) is -1.53. The van der Waals surface area contributed by atoms with E-state index in [1.165, 1.54) is 7.11 Å². The van der Waals surface area contributed by atoms with Crippen LogP contribution < -0.4 is 0 Å². The normalized spacial score (nSPS) is 19.1. The lowest BCUT2D eigenvalue weighted by Crippen LogP contribution is -2.46. The minimum atomic E-state index is -0.996. The summed E-state index contributed by atoms with van der Waals surface area (Å²) in [4.78, 5) is 25.0. The molecular weight excluding hydrogens is 274 g/mol. The Morgan fingerprint density at radius 1 is 1.19 bits per heavy atom. The molecule has 1 fully saturated rings. The predicted octanol–water partition coefficient (Wildman–Crippen LogP) is 1.11. The van der Waals surface area contributed by atoms with E-state index in [9.17, 15) is 14.7 Å². The summed E-state index contributed by atoms with van der Waals surface area (Å²) in [6.45, 7) is 7.38. The Labute approximate surface area is 126 Å². The fraction of sp³-hybridized carbons (Fsp3) is 0.867. The molecule has 1 heterocycles. The molecule has 0 saturated carbocycles. The van der Waals surface area contributed by atoms with E-state index in [1.807, 2.05) is 20.8 Å². The van der Waals surface area contributed by atoms with Gasteiger partial charge in [-0.15, -0.1) is 0 Å². The summed E-state index contributed by atoms with van der Waals surface area (Å²) in [6.07, 6.45) is 1.39. The fourth-order valence-electron chi connectivity index (χ4n) is 2.37. The highest BCUT2D eigenvalue weighted by atomic mass is 16.6. The molecule has 6 nitrogen and oxygen atoms in total. The van der Waals surface area contributed by atoms with E-state index in [-0.39, 0.29) is 18.4 Å². The molecule has 0 radical (unpaired) electrons. The Morgan fingerprint density at radius 2 is 1.76 bits per heavy atom. The van der Waals surface area contributed by atoms with Gasteiger partial charge in [-0.05, 0) is 33.6 Å². The topological polar surface area (TPSA) is 76.1 Å². The maximum absolute atomic E-state index is 11.8. The Kier molecular flexibility index (Phi) is 6.16. The molecule has 0 atom stereocenters. The van der Waals surface area contributed by atoms with E-state index in [0.29, 0.717) is 38.9 Å². The van der Waals surface area contributed by atoms with Crippen molar-refractivity contribution in [3.05, 3.63) is 0 Å². The van der Waals surface area contributed by atoms with E-state index in [2.05, 4.69) is 9.64 Å². The van der Waals surface area contributed by atoms with E-state index in [4.69, 9.17) is 4.74 Å². The lowest BCUT2D eigenvalue weighted by atomic mass is 9.88. The van der Waals surface area contributed by atoms with Gasteiger partial charge in [-0.2, -0.15) is 0 Å². The first kappa shape index (κ1) is 17.9. The second kappa shape index (κ2) is 7.22. The van der Waals surface area contributed by atoms with Gasteiger partial charge in [0.2, 0.25) is 0 Å². The van der Waals surface area contributed by atoms with Crippen LogP contribution in [0.2, 0.25) is 0 Å². The van der Waals surface area contributed by atoms with Crippen molar-refractivity contribution in [3.63, 3.8) is 0 Å². The molecular formula is C15H27NO5. The SMILES string of the molecule is COC(=O)CCN1CCC(O)(CC(=O)OC(C)(C)C)CC1. The molecule has 21 heavy (non-hydrogen) atoms. The molecule has 1 aliphatic rings. The van der Waals surface area contributed by atoms with Crippen LogP contribution in [0.25, 0.3) is 0 Å². The molecule has 0 unspecified atom stereocenters. The Hall–Kier alpha value is -1.14. The number of esters is 2. The van der Waals surface area contributed by atoms with Crippen molar-refractivity contribution in [2.75, 3.05) is 26.7 Å². The summed E-state index contributed by atoms with van der Waals surface area (Å²) in [7, 11) is 1.37. The van der Waals surface area contributed by atoms with Crippen LogP contribution in [-0.2, 0) is 19.1 Å². The first-order valence-corrected chi connectivity index (χ1v) is 7.37. The summed E-state index contributed by atoms with van der Waals surface area (Å²) in [6, 6.07) is 0. The van der Waals surface area contributed by atoms with Crippen molar-refractivity contribution in [2.45, 2.75) is 57.7 Å². The van der Waals surface area contributed by atoms with Crippen LogP contribution in [0.15, 0.2) is 0 Å². The molecule has 1 rings (SSSR count). The lowest BCUT2D eigenvalue weighted by molar-refractivity contribution is -0.162. The van der Waals surface area contributed by atoms with Gasteiger partial charge in [-0.25, -0.2) is 0 Å². The first-order chi connectivity index (χ1) is 9.63. The van der Waals surface area contributed by atoms with Gasteiger partial charge in [-0.1, -0.05) is 0 Å². The quantitative estimate of drug-likeness (QED) is 0.767. The van der Waals surface area contributed by atoms with Gasteiger partial charge in [0.15, 0.2) is 0 Å². The minimum Gasteiger partial charge on any atom is -0.469 e. The molecule has 0 aromatic rings. The average molecular weight is 301 g/mol. The third kappa shape index (κ3) is 6.91. The number of rotatable bonds is 5. The summed E-state index contributed by atoms with van der Waals surface area (Å²) < 4.78 is 9.86. The molecule has 1 N–H and O–H groups in total. The van der Waals surface area contributed by atoms with Crippen molar-refractivity contribution < 1.29 is 24.2 Å². The number of methoxy groups -OCH3 is 1. The summed E-state index contributed by atoms with van der Waals surface area (Å²) in [5, 5.41) is 10.5. The lowest BCUT2D eigenvalue weighted by Gasteiger charge is -2.37. The smallest absolute Gasteiger partial charge is 0.309 e. The number of carbonyl (C=O) groups is 2. The van der Waals surface area contributed by atoms with Crippen molar-refractivity contribution in [3.8, 4) is 0 Å². The molecule has 0 aliphatic carbocycles. The van der Waals surface area contributed by atoms with Crippen LogP contribution in [0.4, 0.5) is 0 Å². The average Bonchev–Trinajstić information content (AvgIpc) is 2.35. The minimum absolute atomic E-state index is 0.0229. The number of piperidine rings is 1. The third-order valence-corrected chi connectivity index (χ3v) is 3.54. The number of carbonyl (C=O) groups excluding carboxylic acids is 2. The van der Waals surface area contributed by atoms with Crippen LogP contribution >= 0.6 is 0 Å². The molecule has 122 valence electrons.